The molecule has 2 aromatic carbocycles. The second kappa shape index (κ2) is 8.34. The smallest absolute Gasteiger partial charge is 0.242 e. The van der Waals surface area contributed by atoms with Crippen LogP contribution < -0.4 is 10.2 Å². The largest absolute Gasteiger partial charge is 0.496 e. The number of hydrazone groups is 1. The summed E-state index contributed by atoms with van der Waals surface area (Å²) in [5.41, 5.74) is 6.23. The van der Waals surface area contributed by atoms with Gasteiger partial charge in [-0.25, -0.2) is 17.7 Å². The summed E-state index contributed by atoms with van der Waals surface area (Å²) in [4.78, 5) is 4.78. The number of hydrogen-bond acceptors (Lipinski definition) is 6. The minimum atomic E-state index is -3.51. The van der Waals surface area contributed by atoms with Gasteiger partial charge in [0.1, 0.15) is 5.75 Å². The van der Waals surface area contributed by atoms with Gasteiger partial charge in [-0.3, -0.25) is 5.43 Å². The second-order valence-corrected chi connectivity index (χ2v) is 9.43. The van der Waals surface area contributed by atoms with Crippen molar-refractivity contribution >= 4 is 38.4 Å². The molecular formula is C19H22N4O3S2. The molecule has 9 heteroatoms. The van der Waals surface area contributed by atoms with Crippen LogP contribution in [0.15, 0.2) is 57.5 Å². The van der Waals surface area contributed by atoms with E-state index in [9.17, 15) is 8.42 Å². The zero-order chi connectivity index (χ0) is 20.3. The number of nitrogens with zero attached hydrogens (tertiary/aromatic N) is 3. The highest BCUT2D eigenvalue weighted by atomic mass is 32.2. The summed E-state index contributed by atoms with van der Waals surface area (Å²) in [7, 11) is 1.13. The minimum Gasteiger partial charge on any atom is -0.496 e. The number of para-hydroxylation sites is 1. The van der Waals surface area contributed by atoms with E-state index in [1.165, 1.54) is 30.2 Å². The average molecular weight is 419 g/mol. The number of benzene rings is 2. The van der Waals surface area contributed by atoms with Crippen LogP contribution in [0, 0.1) is 6.92 Å². The summed E-state index contributed by atoms with van der Waals surface area (Å²) < 4.78 is 31.3. The van der Waals surface area contributed by atoms with Gasteiger partial charge >= 0.3 is 0 Å². The van der Waals surface area contributed by atoms with Gasteiger partial charge in [0.05, 0.1) is 23.4 Å². The molecule has 1 N–H and O–H groups in total. The highest BCUT2D eigenvalue weighted by molar-refractivity contribution is 8.14. The van der Waals surface area contributed by atoms with Crippen molar-refractivity contribution in [3.63, 3.8) is 0 Å². The lowest BCUT2D eigenvalue weighted by atomic mass is 10.1. The van der Waals surface area contributed by atoms with Crippen molar-refractivity contribution in [2.75, 3.05) is 27.0 Å². The van der Waals surface area contributed by atoms with Crippen LogP contribution in [0.5, 0.6) is 5.75 Å². The van der Waals surface area contributed by atoms with Gasteiger partial charge in [0.2, 0.25) is 10.0 Å². The summed E-state index contributed by atoms with van der Waals surface area (Å²) >= 11 is 1.50. The molecule has 0 unspecified atom stereocenters. The van der Waals surface area contributed by atoms with Gasteiger partial charge < -0.3 is 4.74 Å². The van der Waals surface area contributed by atoms with Crippen molar-refractivity contribution in [3.05, 3.63) is 53.6 Å². The summed E-state index contributed by atoms with van der Waals surface area (Å²) in [6, 6.07) is 12.6. The first kappa shape index (κ1) is 20.4. The van der Waals surface area contributed by atoms with Gasteiger partial charge in [-0.2, -0.15) is 5.10 Å². The van der Waals surface area contributed by atoms with Crippen LogP contribution in [0.3, 0.4) is 0 Å². The molecular weight excluding hydrogens is 396 g/mol. The Morgan fingerprint density at radius 1 is 1.21 bits per heavy atom. The Bertz CT molecular complexity index is 1050. The topological polar surface area (TPSA) is 83.4 Å². The van der Waals surface area contributed by atoms with Crippen molar-refractivity contribution < 1.29 is 13.2 Å². The van der Waals surface area contributed by atoms with E-state index in [4.69, 9.17) is 4.74 Å². The normalized spacial score (nSPS) is 16.0. The standard InChI is InChI=1S/C19H22N4O3S2/c1-13-9-10-14(28(24,25)23(2)3)11-16(13)20-19-22-21-17(12-27-19)15-7-5-6-8-18(15)26-4/h5-11H,12H2,1-4H3,(H,20,22). The van der Waals surface area contributed by atoms with E-state index in [2.05, 4.69) is 15.5 Å². The van der Waals surface area contributed by atoms with Crippen molar-refractivity contribution in [1.29, 1.82) is 0 Å². The zero-order valence-corrected chi connectivity index (χ0v) is 17.8. The molecule has 0 atom stereocenters. The quantitative estimate of drug-likeness (QED) is 0.807. The van der Waals surface area contributed by atoms with Gasteiger partial charge in [-0.1, -0.05) is 30.0 Å². The fourth-order valence-corrected chi connectivity index (χ4v) is 4.27. The SMILES string of the molecule is COc1ccccc1C1=NNC(=Nc2cc(S(=O)(=O)N(C)C)ccc2C)SC1. The molecule has 0 aromatic heterocycles. The minimum absolute atomic E-state index is 0.210. The number of ether oxygens (including phenoxy) is 1. The monoisotopic (exact) mass is 418 g/mol. The van der Waals surface area contributed by atoms with Crippen LogP contribution in [0.4, 0.5) is 5.69 Å². The molecule has 0 amide bonds. The maximum absolute atomic E-state index is 12.4. The molecule has 7 nitrogen and oxygen atoms in total. The van der Waals surface area contributed by atoms with Gasteiger partial charge in [-0.05, 0) is 36.8 Å². The number of rotatable bonds is 5. The van der Waals surface area contributed by atoms with Crippen LogP contribution in [0.2, 0.25) is 0 Å². The molecule has 1 heterocycles. The molecule has 0 aliphatic carbocycles. The molecule has 0 saturated heterocycles. The Balaban J connectivity index is 1.87. The van der Waals surface area contributed by atoms with Gasteiger partial charge in [0.25, 0.3) is 0 Å². The fourth-order valence-electron chi connectivity index (χ4n) is 2.59. The molecule has 0 bridgehead atoms. The number of amidine groups is 1. The Morgan fingerprint density at radius 2 is 1.96 bits per heavy atom. The lowest BCUT2D eigenvalue weighted by Crippen LogP contribution is -2.25. The van der Waals surface area contributed by atoms with Gasteiger partial charge in [-0.15, -0.1) is 0 Å². The van der Waals surface area contributed by atoms with E-state index >= 15 is 0 Å². The lowest BCUT2D eigenvalue weighted by Gasteiger charge is -2.17. The van der Waals surface area contributed by atoms with Crippen LogP contribution in [0.1, 0.15) is 11.1 Å². The third-order valence-electron chi connectivity index (χ3n) is 4.23. The number of nitrogens with one attached hydrogen (secondary N) is 1. The predicted octanol–water partition coefficient (Wildman–Crippen LogP) is 2.98. The first-order valence-corrected chi connectivity index (χ1v) is 11.0. The molecule has 0 spiro atoms. The second-order valence-electron chi connectivity index (χ2n) is 6.31. The highest BCUT2D eigenvalue weighted by Gasteiger charge is 2.19. The van der Waals surface area contributed by atoms with E-state index in [0.29, 0.717) is 16.6 Å². The molecule has 0 fully saturated rings. The van der Waals surface area contributed by atoms with Crippen LogP contribution in [-0.4, -0.2) is 50.6 Å². The van der Waals surface area contributed by atoms with Crippen LogP contribution >= 0.6 is 11.8 Å². The van der Waals surface area contributed by atoms with Crippen molar-refractivity contribution in [3.8, 4) is 5.75 Å². The molecule has 0 saturated carbocycles. The van der Waals surface area contributed by atoms with E-state index in [-0.39, 0.29) is 4.90 Å². The predicted molar refractivity (Wildman–Crippen MR) is 114 cm³/mol. The number of sulfonamides is 1. The van der Waals surface area contributed by atoms with Crippen LogP contribution in [-0.2, 0) is 10.0 Å². The lowest BCUT2D eigenvalue weighted by molar-refractivity contribution is 0.414. The Hall–Kier alpha value is -2.36. The molecule has 148 valence electrons. The van der Waals surface area contributed by atoms with E-state index in [1.54, 1.807) is 25.3 Å². The Kier molecular flexibility index (Phi) is 6.07. The summed E-state index contributed by atoms with van der Waals surface area (Å²) in [6.07, 6.45) is 0. The number of hydrogen-bond donors (Lipinski definition) is 1. The molecule has 0 radical (unpaired) electrons. The number of aliphatic imine (C=N–C) groups is 1. The van der Waals surface area contributed by atoms with Crippen molar-refractivity contribution in [2.24, 2.45) is 10.1 Å². The van der Waals surface area contributed by atoms with Crippen molar-refractivity contribution in [1.82, 2.24) is 9.73 Å². The number of thioether (sulfide) groups is 1. The molecule has 2 aromatic rings. The Labute approximate surface area is 169 Å². The first-order chi connectivity index (χ1) is 13.3. The Morgan fingerprint density at radius 3 is 2.61 bits per heavy atom. The van der Waals surface area contributed by atoms with Crippen LogP contribution in [0.25, 0.3) is 0 Å². The summed E-state index contributed by atoms with van der Waals surface area (Å²) in [5.74, 6) is 1.39. The maximum Gasteiger partial charge on any atom is 0.242 e. The highest BCUT2D eigenvalue weighted by Crippen LogP contribution is 2.27. The average Bonchev–Trinajstić information content (AvgIpc) is 2.70. The zero-order valence-electron chi connectivity index (χ0n) is 16.1. The third-order valence-corrected chi connectivity index (χ3v) is 6.92. The van der Waals surface area contributed by atoms with E-state index in [0.717, 1.165) is 22.6 Å². The molecule has 1 aliphatic rings. The molecule has 1 aliphatic heterocycles. The fraction of sp³-hybridized carbons (Fsp3) is 0.263. The molecule has 28 heavy (non-hydrogen) atoms. The van der Waals surface area contributed by atoms with Gasteiger partial charge in [0.15, 0.2) is 5.17 Å². The van der Waals surface area contributed by atoms with Gasteiger partial charge in [0, 0.05) is 25.4 Å². The van der Waals surface area contributed by atoms with E-state index < -0.39 is 10.0 Å². The number of aryl methyl sites for hydroxylation is 1. The summed E-state index contributed by atoms with van der Waals surface area (Å²) in [5, 5.41) is 5.04. The van der Waals surface area contributed by atoms with Crippen molar-refractivity contribution in [2.45, 2.75) is 11.8 Å². The third kappa shape index (κ3) is 4.21. The maximum atomic E-state index is 12.4. The first-order valence-electron chi connectivity index (χ1n) is 8.53. The van der Waals surface area contributed by atoms with E-state index in [1.807, 2.05) is 31.2 Å². The summed E-state index contributed by atoms with van der Waals surface area (Å²) in [6.45, 7) is 1.89. The number of methoxy groups -OCH3 is 1. The molecule has 3 rings (SSSR count).